The van der Waals surface area contributed by atoms with Crippen molar-refractivity contribution in [3.63, 3.8) is 0 Å². The molecule has 3 aromatic rings. The monoisotopic (exact) mass is 520 g/mol. The van der Waals surface area contributed by atoms with Crippen LogP contribution in [0.4, 0.5) is 4.39 Å². The molecule has 0 radical (unpaired) electrons. The Hall–Kier alpha value is -3.19. The minimum atomic E-state index is -0.308. The average Bonchev–Trinajstić information content (AvgIpc) is 2.93. The maximum atomic E-state index is 14.0. The number of halogens is 1. The van der Waals surface area contributed by atoms with Gasteiger partial charge in [0.2, 0.25) is 5.91 Å². The van der Waals surface area contributed by atoms with E-state index in [1.807, 2.05) is 24.0 Å². The van der Waals surface area contributed by atoms with Gasteiger partial charge in [-0.1, -0.05) is 19.4 Å². The minimum Gasteiger partial charge on any atom is -0.493 e. The summed E-state index contributed by atoms with van der Waals surface area (Å²) in [6.07, 6.45) is 5.34. The Balaban J connectivity index is 1.29. The predicted molar refractivity (Wildman–Crippen MR) is 145 cm³/mol. The highest BCUT2D eigenvalue weighted by Crippen LogP contribution is 2.32. The summed E-state index contributed by atoms with van der Waals surface area (Å²) in [6.45, 7) is 7.80. The molecule has 0 bridgehead atoms. The molecule has 5 rings (SSSR count). The molecule has 38 heavy (non-hydrogen) atoms. The largest absolute Gasteiger partial charge is 0.493 e. The topological polar surface area (TPSA) is 60.9 Å². The summed E-state index contributed by atoms with van der Waals surface area (Å²) in [5, 5.41) is 0.682. The lowest BCUT2D eigenvalue weighted by Gasteiger charge is -2.31. The van der Waals surface area contributed by atoms with E-state index >= 15 is 0 Å². The summed E-state index contributed by atoms with van der Waals surface area (Å²) in [5.41, 5.74) is 4.72. The number of hydrogen-bond donors (Lipinski definition) is 0. The third kappa shape index (κ3) is 6.09. The van der Waals surface area contributed by atoms with Crippen molar-refractivity contribution in [2.45, 2.75) is 65.5 Å². The number of rotatable bonds is 9. The summed E-state index contributed by atoms with van der Waals surface area (Å²) in [6, 6.07) is 10.7. The second kappa shape index (κ2) is 12.1. The molecule has 1 amide bonds. The van der Waals surface area contributed by atoms with Crippen molar-refractivity contribution in [1.82, 2.24) is 9.88 Å². The normalized spacial score (nSPS) is 15.9. The number of pyridine rings is 1. The number of unbranched alkanes of at least 4 members (excludes halogenated alkanes) is 1. The highest BCUT2D eigenvalue weighted by Gasteiger charge is 2.25. The van der Waals surface area contributed by atoms with Crippen LogP contribution in [0.25, 0.3) is 10.9 Å². The second-order valence-electron chi connectivity index (χ2n) is 10.4. The Labute approximate surface area is 224 Å². The first kappa shape index (κ1) is 26.4. The SMILES string of the molecule is CCCCOc1c(C)c(COc2ccc3c(c2)CN(C(=O)CC2CCOCC2)CC3)nc2ccc(F)cc12. The van der Waals surface area contributed by atoms with Crippen molar-refractivity contribution in [3.05, 3.63) is 64.6 Å². The Bertz CT molecular complexity index is 1290. The van der Waals surface area contributed by atoms with Gasteiger partial charge in [0.05, 0.1) is 17.8 Å². The number of nitrogens with zero attached hydrogens (tertiary/aromatic N) is 2. The molecular formula is C31H37FN2O4. The van der Waals surface area contributed by atoms with Gasteiger partial charge in [-0.2, -0.15) is 0 Å². The van der Waals surface area contributed by atoms with Crippen molar-refractivity contribution in [3.8, 4) is 11.5 Å². The Morgan fingerprint density at radius 1 is 1.13 bits per heavy atom. The lowest BCUT2D eigenvalue weighted by Crippen LogP contribution is -2.37. The van der Waals surface area contributed by atoms with E-state index in [2.05, 4.69) is 13.0 Å². The fourth-order valence-corrected chi connectivity index (χ4v) is 5.31. The van der Waals surface area contributed by atoms with Gasteiger partial charge in [0.1, 0.15) is 23.9 Å². The first-order valence-corrected chi connectivity index (χ1v) is 13.8. The molecule has 2 aromatic carbocycles. The summed E-state index contributed by atoms with van der Waals surface area (Å²) >= 11 is 0. The van der Waals surface area contributed by atoms with E-state index in [1.54, 1.807) is 6.07 Å². The quantitative estimate of drug-likeness (QED) is 0.317. The van der Waals surface area contributed by atoms with Crippen LogP contribution >= 0.6 is 0 Å². The molecule has 0 atom stereocenters. The third-order valence-electron chi connectivity index (χ3n) is 7.70. The summed E-state index contributed by atoms with van der Waals surface area (Å²) in [5.74, 6) is 1.77. The number of amides is 1. The molecule has 1 aromatic heterocycles. The Morgan fingerprint density at radius 2 is 1.97 bits per heavy atom. The lowest BCUT2D eigenvalue weighted by molar-refractivity contribution is -0.133. The van der Waals surface area contributed by atoms with Gasteiger partial charge in [-0.3, -0.25) is 4.79 Å². The van der Waals surface area contributed by atoms with E-state index in [1.165, 1.54) is 17.7 Å². The summed E-state index contributed by atoms with van der Waals surface area (Å²) in [7, 11) is 0. The molecule has 7 heteroatoms. The highest BCUT2D eigenvalue weighted by atomic mass is 19.1. The van der Waals surface area contributed by atoms with E-state index in [4.69, 9.17) is 19.2 Å². The zero-order valence-corrected chi connectivity index (χ0v) is 22.4. The standard InChI is InChI=1S/C31H37FN2O4/c1-3-4-13-37-31-21(2)29(33-28-8-6-25(32)18-27(28)31)20-38-26-7-5-23-9-12-34(19-24(23)17-26)30(35)16-22-10-14-36-15-11-22/h5-8,17-18,22H,3-4,9-16,19-20H2,1-2H3. The van der Waals surface area contributed by atoms with E-state index < -0.39 is 0 Å². The van der Waals surface area contributed by atoms with Gasteiger partial charge in [0, 0.05) is 43.7 Å². The van der Waals surface area contributed by atoms with Gasteiger partial charge in [0.15, 0.2) is 0 Å². The van der Waals surface area contributed by atoms with Gasteiger partial charge in [0.25, 0.3) is 0 Å². The number of carbonyl (C=O) groups excluding carboxylic acids is 1. The first-order valence-electron chi connectivity index (χ1n) is 13.8. The average molecular weight is 521 g/mol. The van der Waals surface area contributed by atoms with Crippen LogP contribution in [0, 0.1) is 18.7 Å². The fraction of sp³-hybridized carbons (Fsp3) is 0.484. The molecule has 0 aliphatic carbocycles. The Morgan fingerprint density at radius 3 is 2.79 bits per heavy atom. The van der Waals surface area contributed by atoms with Crippen molar-refractivity contribution >= 4 is 16.8 Å². The van der Waals surface area contributed by atoms with E-state index in [9.17, 15) is 9.18 Å². The molecular weight excluding hydrogens is 483 g/mol. The third-order valence-corrected chi connectivity index (χ3v) is 7.70. The van der Waals surface area contributed by atoms with E-state index in [0.29, 0.717) is 42.1 Å². The molecule has 1 saturated heterocycles. The van der Waals surface area contributed by atoms with Crippen LogP contribution in [0.1, 0.15) is 61.4 Å². The number of benzene rings is 2. The second-order valence-corrected chi connectivity index (χ2v) is 10.4. The fourth-order valence-electron chi connectivity index (χ4n) is 5.31. The number of carbonyl (C=O) groups is 1. The maximum Gasteiger partial charge on any atom is 0.223 e. The van der Waals surface area contributed by atoms with Gasteiger partial charge < -0.3 is 19.1 Å². The smallest absolute Gasteiger partial charge is 0.223 e. The van der Waals surface area contributed by atoms with Crippen LogP contribution < -0.4 is 9.47 Å². The molecule has 0 saturated carbocycles. The van der Waals surface area contributed by atoms with Crippen molar-refractivity contribution < 1.29 is 23.4 Å². The van der Waals surface area contributed by atoms with Gasteiger partial charge >= 0.3 is 0 Å². The summed E-state index contributed by atoms with van der Waals surface area (Å²) in [4.78, 5) is 19.7. The van der Waals surface area contributed by atoms with Crippen LogP contribution in [0.3, 0.4) is 0 Å². The van der Waals surface area contributed by atoms with Crippen molar-refractivity contribution in [2.75, 3.05) is 26.4 Å². The molecule has 202 valence electrons. The van der Waals surface area contributed by atoms with Crippen LogP contribution in [-0.2, 0) is 29.1 Å². The number of hydrogen-bond acceptors (Lipinski definition) is 5. The predicted octanol–water partition coefficient (Wildman–Crippen LogP) is 6.14. The molecule has 2 aliphatic heterocycles. The van der Waals surface area contributed by atoms with E-state index in [0.717, 1.165) is 74.4 Å². The van der Waals surface area contributed by atoms with Crippen molar-refractivity contribution in [1.29, 1.82) is 0 Å². The minimum absolute atomic E-state index is 0.233. The number of fused-ring (bicyclic) bond motifs is 2. The zero-order chi connectivity index (χ0) is 26.5. The molecule has 6 nitrogen and oxygen atoms in total. The molecule has 0 spiro atoms. The van der Waals surface area contributed by atoms with Gasteiger partial charge in [-0.25, -0.2) is 9.37 Å². The first-order chi connectivity index (χ1) is 18.5. The number of aromatic nitrogens is 1. The van der Waals surface area contributed by atoms with Crippen LogP contribution in [0.5, 0.6) is 11.5 Å². The van der Waals surface area contributed by atoms with Crippen LogP contribution in [0.15, 0.2) is 36.4 Å². The van der Waals surface area contributed by atoms with Crippen molar-refractivity contribution in [2.24, 2.45) is 5.92 Å². The molecule has 2 aliphatic rings. The molecule has 3 heterocycles. The molecule has 0 unspecified atom stereocenters. The van der Waals surface area contributed by atoms with Crippen LogP contribution in [-0.4, -0.2) is 42.2 Å². The molecule has 1 fully saturated rings. The Kier molecular flexibility index (Phi) is 8.42. The molecule has 0 N–H and O–H groups in total. The summed E-state index contributed by atoms with van der Waals surface area (Å²) < 4.78 is 31.7. The van der Waals surface area contributed by atoms with Crippen LogP contribution in [0.2, 0.25) is 0 Å². The van der Waals surface area contributed by atoms with Gasteiger partial charge in [-0.05, 0) is 80.0 Å². The van der Waals surface area contributed by atoms with Gasteiger partial charge in [-0.15, -0.1) is 0 Å². The zero-order valence-electron chi connectivity index (χ0n) is 22.4. The highest BCUT2D eigenvalue weighted by molar-refractivity contribution is 5.86. The maximum absolute atomic E-state index is 14.0. The van der Waals surface area contributed by atoms with E-state index in [-0.39, 0.29) is 18.3 Å². The number of ether oxygens (including phenoxy) is 3. The lowest BCUT2D eigenvalue weighted by atomic mass is 9.94.